The van der Waals surface area contributed by atoms with Gasteiger partial charge in [-0.1, -0.05) is 13.0 Å². The molecule has 0 amide bonds. The average Bonchev–Trinajstić information content (AvgIpc) is 3.03. The first-order valence-corrected chi connectivity index (χ1v) is 8.20. The molecule has 0 fully saturated rings. The summed E-state index contributed by atoms with van der Waals surface area (Å²) in [6.07, 6.45) is 0.949. The van der Waals surface area contributed by atoms with Crippen LogP contribution >= 0.6 is 35.3 Å². The lowest BCUT2D eigenvalue weighted by atomic mass is 10.1. The number of ether oxygens (including phenoxy) is 2. The van der Waals surface area contributed by atoms with E-state index in [1.807, 2.05) is 0 Å². The van der Waals surface area contributed by atoms with Gasteiger partial charge in [0.25, 0.3) is 0 Å². The lowest BCUT2D eigenvalue weighted by Crippen LogP contribution is -2.39. The second kappa shape index (κ2) is 14.2. The van der Waals surface area contributed by atoms with Crippen molar-refractivity contribution in [3.63, 3.8) is 0 Å². The molecule has 128 valence electrons. The Balaban J connectivity index is 0.00000441. The molecule has 1 unspecified atom stereocenters. The average molecular weight is 441 g/mol. The normalized spacial score (nSPS) is 12.6. The fraction of sp³-hybridized carbons (Fsp3) is 0.667. The SMILES string of the molecule is CN=C(NCCCOCCOC)NCC(C)c1cccs1.I. The Labute approximate surface area is 154 Å². The lowest BCUT2D eigenvalue weighted by Gasteiger charge is -2.15. The predicted octanol–water partition coefficient (Wildman–Crippen LogP) is 2.69. The topological polar surface area (TPSA) is 54.9 Å². The van der Waals surface area contributed by atoms with Gasteiger partial charge in [0.2, 0.25) is 0 Å². The first-order valence-electron chi connectivity index (χ1n) is 7.32. The first kappa shape index (κ1) is 21.6. The van der Waals surface area contributed by atoms with E-state index in [1.165, 1.54) is 4.88 Å². The molecule has 1 aromatic heterocycles. The molecular weight excluding hydrogens is 413 g/mol. The summed E-state index contributed by atoms with van der Waals surface area (Å²) in [5.74, 6) is 1.33. The number of nitrogens with one attached hydrogen (secondary N) is 2. The third-order valence-electron chi connectivity index (χ3n) is 3.02. The minimum Gasteiger partial charge on any atom is -0.382 e. The molecular formula is C15H28IN3O2S. The third kappa shape index (κ3) is 9.60. The van der Waals surface area contributed by atoms with Crippen LogP contribution in [0.5, 0.6) is 0 Å². The van der Waals surface area contributed by atoms with Crippen LogP contribution in [0.2, 0.25) is 0 Å². The van der Waals surface area contributed by atoms with Crippen molar-refractivity contribution >= 4 is 41.3 Å². The maximum Gasteiger partial charge on any atom is 0.190 e. The van der Waals surface area contributed by atoms with Gasteiger partial charge in [-0.15, -0.1) is 35.3 Å². The van der Waals surface area contributed by atoms with Gasteiger partial charge in [-0.2, -0.15) is 0 Å². The smallest absolute Gasteiger partial charge is 0.190 e. The highest BCUT2D eigenvalue weighted by Gasteiger charge is 2.07. The highest BCUT2D eigenvalue weighted by molar-refractivity contribution is 14.0. The minimum atomic E-state index is 0. The second-order valence-electron chi connectivity index (χ2n) is 4.76. The van der Waals surface area contributed by atoms with Crippen LogP contribution in [-0.4, -0.2) is 53.0 Å². The fourth-order valence-corrected chi connectivity index (χ4v) is 2.56. The zero-order valence-corrected chi connectivity index (χ0v) is 16.8. The van der Waals surface area contributed by atoms with Crippen LogP contribution < -0.4 is 10.6 Å². The molecule has 0 bridgehead atoms. The summed E-state index contributed by atoms with van der Waals surface area (Å²) in [4.78, 5) is 5.62. The molecule has 0 spiro atoms. The number of hydrogen-bond acceptors (Lipinski definition) is 4. The van der Waals surface area contributed by atoms with Gasteiger partial charge in [-0.05, 0) is 17.9 Å². The van der Waals surface area contributed by atoms with E-state index in [4.69, 9.17) is 9.47 Å². The molecule has 0 aliphatic heterocycles. The number of methoxy groups -OCH3 is 1. The van der Waals surface area contributed by atoms with Crippen molar-refractivity contribution < 1.29 is 9.47 Å². The van der Waals surface area contributed by atoms with E-state index >= 15 is 0 Å². The van der Waals surface area contributed by atoms with Crippen molar-refractivity contribution in [2.24, 2.45) is 4.99 Å². The van der Waals surface area contributed by atoms with Crippen LogP contribution in [0, 0.1) is 0 Å². The van der Waals surface area contributed by atoms with Gasteiger partial charge in [0, 0.05) is 44.6 Å². The Morgan fingerprint density at radius 2 is 2.14 bits per heavy atom. The minimum absolute atomic E-state index is 0. The van der Waals surface area contributed by atoms with Gasteiger partial charge in [-0.3, -0.25) is 4.99 Å². The van der Waals surface area contributed by atoms with Gasteiger partial charge in [0.15, 0.2) is 5.96 Å². The standard InChI is InChI=1S/C15H27N3O2S.HI/c1-13(14-6-4-11-21-14)12-18-15(16-2)17-7-5-8-20-10-9-19-3;/h4,6,11,13H,5,7-10,12H2,1-3H3,(H2,16,17,18);1H. The van der Waals surface area contributed by atoms with Crippen LogP contribution in [0.1, 0.15) is 24.1 Å². The molecule has 1 aromatic rings. The van der Waals surface area contributed by atoms with E-state index in [-0.39, 0.29) is 24.0 Å². The molecule has 0 saturated heterocycles. The summed E-state index contributed by atoms with van der Waals surface area (Å²) in [6, 6.07) is 4.26. The van der Waals surface area contributed by atoms with E-state index in [0.29, 0.717) is 19.1 Å². The monoisotopic (exact) mass is 441 g/mol. The van der Waals surface area contributed by atoms with Crippen molar-refractivity contribution in [2.75, 3.05) is 47.1 Å². The van der Waals surface area contributed by atoms with Crippen LogP contribution in [0.4, 0.5) is 0 Å². The van der Waals surface area contributed by atoms with E-state index < -0.39 is 0 Å². The van der Waals surface area contributed by atoms with E-state index in [0.717, 1.165) is 32.1 Å². The van der Waals surface area contributed by atoms with E-state index in [2.05, 4.69) is 40.1 Å². The lowest BCUT2D eigenvalue weighted by molar-refractivity contribution is 0.0698. The number of nitrogens with zero attached hydrogens (tertiary/aromatic N) is 1. The predicted molar refractivity (Wildman–Crippen MR) is 105 cm³/mol. The van der Waals surface area contributed by atoms with Crippen molar-refractivity contribution in [1.29, 1.82) is 0 Å². The van der Waals surface area contributed by atoms with Gasteiger partial charge in [0.05, 0.1) is 13.2 Å². The quantitative estimate of drug-likeness (QED) is 0.254. The Kier molecular flexibility index (Phi) is 14.0. The highest BCUT2D eigenvalue weighted by atomic mass is 127. The maximum atomic E-state index is 5.41. The molecule has 1 rings (SSSR count). The molecule has 0 radical (unpaired) electrons. The van der Waals surface area contributed by atoms with Crippen LogP contribution in [-0.2, 0) is 9.47 Å². The summed E-state index contributed by atoms with van der Waals surface area (Å²) in [7, 11) is 3.47. The molecule has 22 heavy (non-hydrogen) atoms. The van der Waals surface area contributed by atoms with E-state index in [1.54, 1.807) is 25.5 Å². The highest BCUT2D eigenvalue weighted by Crippen LogP contribution is 2.19. The largest absolute Gasteiger partial charge is 0.382 e. The summed E-state index contributed by atoms with van der Waals surface area (Å²) in [5.41, 5.74) is 0. The number of guanidine groups is 1. The summed E-state index contributed by atoms with van der Waals surface area (Å²) >= 11 is 1.79. The first-order chi connectivity index (χ1) is 10.3. The Bertz CT molecular complexity index is 388. The van der Waals surface area contributed by atoms with Crippen molar-refractivity contribution in [2.45, 2.75) is 19.3 Å². The number of aliphatic imine (C=N–C) groups is 1. The Hall–Kier alpha value is -0.380. The van der Waals surface area contributed by atoms with Crippen molar-refractivity contribution in [1.82, 2.24) is 10.6 Å². The van der Waals surface area contributed by atoms with Gasteiger partial charge in [-0.25, -0.2) is 0 Å². The maximum absolute atomic E-state index is 5.41. The number of hydrogen-bond donors (Lipinski definition) is 2. The summed E-state index contributed by atoms with van der Waals surface area (Å²) in [5, 5.41) is 8.76. The Morgan fingerprint density at radius 1 is 1.32 bits per heavy atom. The van der Waals surface area contributed by atoms with Gasteiger partial charge in [0.1, 0.15) is 0 Å². The molecule has 1 heterocycles. The van der Waals surface area contributed by atoms with Crippen LogP contribution in [0.3, 0.4) is 0 Å². The third-order valence-corrected chi connectivity index (χ3v) is 4.12. The molecule has 5 nitrogen and oxygen atoms in total. The summed E-state index contributed by atoms with van der Waals surface area (Å²) < 4.78 is 10.3. The van der Waals surface area contributed by atoms with Gasteiger partial charge < -0.3 is 20.1 Å². The van der Waals surface area contributed by atoms with Crippen molar-refractivity contribution in [3.8, 4) is 0 Å². The molecule has 2 N–H and O–H groups in total. The number of halogens is 1. The summed E-state index contributed by atoms with van der Waals surface area (Å²) in [6.45, 7) is 5.98. The zero-order chi connectivity index (χ0) is 15.3. The molecule has 0 saturated carbocycles. The van der Waals surface area contributed by atoms with E-state index in [9.17, 15) is 0 Å². The number of thiophene rings is 1. The van der Waals surface area contributed by atoms with Gasteiger partial charge >= 0.3 is 0 Å². The molecule has 0 aromatic carbocycles. The zero-order valence-electron chi connectivity index (χ0n) is 13.6. The van der Waals surface area contributed by atoms with Crippen LogP contribution in [0.25, 0.3) is 0 Å². The molecule has 0 aliphatic carbocycles. The molecule has 1 atom stereocenters. The van der Waals surface area contributed by atoms with Crippen molar-refractivity contribution in [3.05, 3.63) is 22.4 Å². The Morgan fingerprint density at radius 3 is 2.77 bits per heavy atom. The molecule has 0 aliphatic rings. The fourth-order valence-electron chi connectivity index (χ4n) is 1.77. The number of rotatable bonds is 10. The molecule has 7 heteroatoms. The van der Waals surface area contributed by atoms with Crippen LogP contribution in [0.15, 0.2) is 22.5 Å². The second-order valence-corrected chi connectivity index (χ2v) is 5.73.